The fourth-order valence-corrected chi connectivity index (χ4v) is 4.45. The molecule has 3 aromatic heterocycles. The van der Waals surface area contributed by atoms with Crippen LogP contribution in [0.2, 0.25) is 0 Å². The van der Waals surface area contributed by atoms with Crippen molar-refractivity contribution in [2.75, 3.05) is 0 Å². The molecule has 0 radical (unpaired) electrons. The molecule has 3 aromatic rings. The van der Waals surface area contributed by atoms with Crippen LogP contribution >= 0.6 is 0 Å². The van der Waals surface area contributed by atoms with Crippen LogP contribution in [0.3, 0.4) is 0 Å². The summed E-state index contributed by atoms with van der Waals surface area (Å²) in [6.07, 6.45) is 3.14. The van der Waals surface area contributed by atoms with Crippen molar-refractivity contribution < 1.29 is 18.0 Å². The maximum atomic E-state index is 14.6. The number of hydrogen-bond donors (Lipinski definition) is 1. The van der Waals surface area contributed by atoms with E-state index in [0.717, 1.165) is 0 Å². The summed E-state index contributed by atoms with van der Waals surface area (Å²) in [6.45, 7) is 6.84. The minimum absolute atomic E-state index is 0.178. The van der Waals surface area contributed by atoms with Crippen LogP contribution in [-0.4, -0.2) is 41.2 Å². The van der Waals surface area contributed by atoms with E-state index in [1.165, 1.54) is 24.6 Å². The molecule has 11 heteroatoms. The number of amides is 1. The third kappa shape index (κ3) is 4.72. The molecular formula is C22H28F3N7O. The van der Waals surface area contributed by atoms with Crippen LogP contribution in [0.1, 0.15) is 80.1 Å². The van der Waals surface area contributed by atoms with Gasteiger partial charge in [0, 0.05) is 25.6 Å². The normalized spacial score (nSPS) is 17.9. The number of carbonyl (C=O) groups excluding carboxylic acids is 1. The van der Waals surface area contributed by atoms with E-state index in [1.54, 1.807) is 23.9 Å². The highest BCUT2D eigenvalue weighted by Gasteiger charge is 2.39. The van der Waals surface area contributed by atoms with E-state index in [0.29, 0.717) is 23.6 Å². The zero-order valence-electron chi connectivity index (χ0n) is 19.1. The first-order chi connectivity index (χ1) is 15.5. The van der Waals surface area contributed by atoms with Crippen molar-refractivity contribution in [1.29, 1.82) is 0 Å². The van der Waals surface area contributed by atoms with Crippen LogP contribution in [0.4, 0.5) is 13.2 Å². The Hall–Kier alpha value is -2.98. The largest absolute Gasteiger partial charge is 0.342 e. The number of nitrogens with one attached hydrogen (secondary N) is 1. The number of imidazole rings is 1. The standard InChI is InChI=1S/C22H28F3N7O/c1-5-31-16(8-11-26-31)19(33)28-17(14-6-9-22(24,25)10-7-14)15-12-32-20(27-15)29-18(13(2)30-32)21(3,4)23/h8,11-12,14,17H,5-7,9-10H2,1-4H3,(H,28,33). The lowest BCUT2D eigenvalue weighted by atomic mass is 9.81. The number of halogens is 3. The predicted octanol–water partition coefficient (Wildman–Crippen LogP) is 4.15. The fourth-order valence-electron chi connectivity index (χ4n) is 4.45. The van der Waals surface area contributed by atoms with Gasteiger partial charge < -0.3 is 5.32 Å². The van der Waals surface area contributed by atoms with Gasteiger partial charge in [0.05, 0.1) is 23.6 Å². The molecular weight excluding hydrogens is 435 g/mol. The van der Waals surface area contributed by atoms with Gasteiger partial charge in [-0.25, -0.2) is 27.7 Å². The zero-order valence-corrected chi connectivity index (χ0v) is 19.1. The second-order valence-electron chi connectivity index (χ2n) is 9.11. The van der Waals surface area contributed by atoms with Gasteiger partial charge in [-0.2, -0.15) is 10.2 Å². The lowest BCUT2D eigenvalue weighted by molar-refractivity contribution is -0.0495. The van der Waals surface area contributed by atoms with Crippen LogP contribution in [-0.2, 0) is 12.2 Å². The van der Waals surface area contributed by atoms with Gasteiger partial charge >= 0.3 is 0 Å². The van der Waals surface area contributed by atoms with E-state index in [9.17, 15) is 18.0 Å². The zero-order chi connectivity index (χ0) is 24.0. The number of rotatable bonds is 6. The molecule has 8 nitrogen and oxygen atoms in total. The van der Waals surface area contributed by atoms with E-state index in [4.69, 9.17) is 0 Å². The Morgan fingerprint density at radius 3 is 2.64 bits per heavy atom. The second-order valence-corrected chi connectivity index (χ2v) is 9.11. The van der Waals surface area contributed by atoms with E-state index in [2.05, 4.69) is 25.5 Å². The van der Waals surface area contributed by atoms with Gasteiger partial charge in [-0.15, -0.1) is 0 Å². The molecule has 0 bridgehead atoms. The molecule has 0 aliphatic heterocycles. The first kappa shape index (κ1) is 23.2. The molecule has 1 saturated carbocycles. The molecule has 4 rings (SSSR count). The monoisotopic (exact) mass is 463 g/mol. The molecule has 0 aromatic carbocycles. The molecule has 178 valence electrons. The summed E-state index contributed by atoms with van der Waals surface area (Å²) in [5.41, 5.74) is -0.276. The number of hydrogen-bond acceptors (Lipinski definition) is 5. The number of aromatic nitrogens is 6. The van der Waals surface area contributed by atoms with E-state index >= 15 is 0 Å². The minimum atomic E-state index is -2.70. The van der Waals surface area contributed by atoms with E-state index in [1.807, 2.05) is 6.92 Å². The van der Waals surface area contributed by atoms with Gasteiger partial charge in [0.2, 0.25) is 5.92 Å². The maximum absolute atomic E-state index is 14.6. The van der Waals surface area contributed by atoms with Crippen molar-refractivity contribution in [2.24, 2.45) is 5.92 Å². The maximum Gasteiger partial charge on any atom is 0.270 e. The number of aryl methyl sites for hydroxylation is 2. The Labute approximate surface area is 189 Å². The summed E-state index contributed by atoms with van der Waals surface area (Å²) in [5.74, 6) is -3.12. The van der Waals surface area contributed by atoms with Crippen molar-refractivity contribution in [1.82, 2.24) is 34.7 Å². The van der Waals surface area contributed by atoms with Gasteiger partial charge in [-0.3, -0.25) is 9.48 Å². The number of fused-ring (bicyclic) bond motifs is 1. The molecule has 1 unspecified atom stereocenters. The highest BCUT2D eigenvalue weighted by molar-refractivity contribution is 5.92. The topological polar surface area (TPSA) is 90.0 Å². The van der Waals surface area contributed by atoms with Crippen LogP contribution in [0.15, 0.2) is 18.5 Å². The van der Waals surface area contributed by atoms with Gasteiger partial charge in [-0.05, 0) is 52.5 Å². The second kappa shape index (κ2) is 8.42. The van der Waals surface area contributed by atoms with E-state index < -0.39 is 17.6 Å². The number of carbonyl (C=O) groups is 1. The van der Waals surface area contributed by atoms with Gasteiger partial charge in [-0.1, -0.05) is 0 Å². The van der Waals surface area contributed by atoms with Crippen molar-refractivity contribution >= 4 is 11.7 Å². The smallest absolute Gasteiger partial charge is 0.270 e. The highest BCUT2D eigenvalue weighted by Crippen LogP contribution is 2.41. The molecule has 0 spiro atoms. The SMILES string of the molecule is CCn1nccc1C(=O)NC(c1cn2nc(C)c(C(C)(C)F)nc2n1)C1CCC(F)(F)CC1. The number of alkyl halides is 3. The van der Waals surface area contributed by atoms with Gasteiger partial charge in [0.25, 0.3) is 11.7 Å². The summed E-state index contributed by atoms with van der Waals surface area (Å²) < 4.78 is 45.2. The summed E-state index contributed by atoms with van der Waals surface area (Å²) in [5, 5.41) is 11.5. The van der Waals surface area contributed by atoms with Crippen molar-refractivity contribution in [3.63, 3.8) is 0 Å². The molecule has 0 saturated heterocycles. The van der Waals surface area contributed by atoms with Crippen molar-refractivity contribution in [3.8, 4) is 0 Å². The third-order valence-corrected chi connectivity index (χ3v) is 6.15. The predicted molar refractivity (Wildman–Crippen MR) is 115 cm³/mol. The molecule has 1 N–H and O–H groups in total. The molecule has 33 heavy (non-hydrogen) atoms. The van der Waals surface area contributed by atoms with Crippen LogP contribution in [0.5, 0.6) is 0 Å². The Bertz CT molecular complexity index is 1150. The van der Waals surface area contributed by atoms with E-state index in [-0.39, 0.29) is 49.0 Å². The van der Waals surface area contributed by atoms with Crippen LogP contribution in [0.25, 0.3) is 5.78 Å². The third-order valence-electron chi connectivity index (χ3n) is 6.15. The molecule has 1 aliphatic rings. The van der Waals surface area contributed by atoms with Crippen molar-refractivity contribution in [3.05, 3.63) is 41.2 Å². The molecule has 1 fully saturated rings. The quantitative estimate of drug-likeness (QED) is 0.593. The summed E-state index contributed by atoms with van der Waals surface area (Å²) in [4.78, 5) is 21.9. The Morgan fingerprint density at radius 1 is 1.30 bits per heavy atom. The van der Waals surface area contributed by atoms with Gasteiger partial charge in [0.1, 0.15) is 17.1 Å². The molecule has 1 aliphatic carbocycles. The Morgan fingerprint density at radius 2 is 2.00 bits per heavy atom. The average molecular weight is 464 g/mol. The first-order valence-corrected chi connectivity index (χ1v) is 11.1. The number of nitrogens with zero attached hydrogens (tertiary/aromatic N) is 6. The molecule has 1 amide bonds. The summed E-state index contributed by atoms with van der Waals surface area (Å²) in [7, 11) is 0. The van der Waals surface area contributed by atoms with Crippen LogP contribution < -0.4 is 5.32 Å². The Balaban J connectivity index is 1.71. The average Bonchev–Trinajstić information content (AvgIpc) is 3.37. The first-order valence-electron chi connectivity index (χ1n) is 11.1. The van der Waals surface area contributed by atoms with Gasteiger partial charge in [0.15, 0.2) is 0 Å². The molecule has 3 heterocycles. The molecule has 1 atom stereocenters. The van der Waals surface area contributed by atoms with Crippen molar-refractivity contribution in [2.45, 2.75) is 77.6 Å². The lowest BCUT2D eigenvalue weighted by Gasteiger charge is -2.33. The summed E-state index contributed by atoms with van der Waals surface area (Å²) in [6, 6.07) is 0.982. The minimum Gasteiger partial charge on any atom is -0.342 e. The summed E-state index contributed by atoms with van der Waals surface area (Å²) >= 11 is 0. The lowest BCUT2D eigenvalue weighted by Crippen LogP contribution is -2.38. The highest BCUT2D eigenvalue weighted by atomic mass is 19.3. The Kier molecular flexibility index (Phi) is 5.92. The fraction of sp³-hybridized carbons (Fsp3) is 0.591. The van der Waals surface area contributed by atoms with Crippen LogP contribution in [0, 0.1) is 12.8 Å².